The average molecular weight is 337 g/mol. The van der Waals surface area contributed by atoms with Crippen molar-refractivity contribution in [3.05, 3.63) is 65.4 Å². The summed E-state index contributed by atoms with van der Waals surface area (Å²) < 4.78 is 41.5. The molecule has 0 fully saturated rings. The smallest absolute Gasteiger partial charge is 0.266 e. The largest absolute Gasteiger partial charge is 0.272 e. The van der Waals surface area contributed by atoms with Crippen LogP contribution in [0.5, 0.6) is 0 Å². The molecule has 3 rings (SSSR count). The number of sulfonamides is 1. The van der Waals surface area contributed by atoms with Crippen LogP contribution in [0.4, 0.5) is 10.2 Å². The first kappa shape index (κ1) is 14.7. The topological polar surface area (TPSA) is 64.0 Å². The number of benzene rings is 1. The van der Waals surface area contributed by atoms with Crippen LogP contribution < -0.4 is 4.72 Å². The van der Waals surface area contributed by atoms with Gasteiger partial charge in [-0.1, -0.05) is 18.2 Å². The molecule has 114 valence electrons. The van der Waals surface area contributed by atoms with Crippen molar-refractivity contribution in [2.75, 3.05) is 4.72 Å². The van der Waals surface area contributed by atoms with Crippen molar-refractivity contribution in [2.45, 2.75) is 10.8 Å². The van der Waals surface area contributed by atoms with Crippen LogP contribution in [0, 0.1) is 5.82 Å². The first-order valence-corrected chi connectivity index (χ1v) is 8.73. The minimum absolute atomic E-state index is 0.227. The van der Waals surface area contributed by atoms with Crippen molar-refractivity contribution in [3.8, 4) is 0 Å². The molecular weight excluding hydrogens is 325 g/mol. The molecule has 5 nitrogen and oxygen atoms in total. The zero-order chi connectivity index (χ0) is 15.6. The predicted molar refractivity (Wildman–Crippen MR) is 82.9 cm³/mol. The van der Waals surface area contributed by atoms with Crippen LogP contribution in [0.3, 0.4) is 0 Å². The number of aromatic nitrogens is 2. The molecule has 0 amide bonds. The molecule has 0 saturated carbocycles. The molecule has 0 unspecified atom stereocenters. The van der Waals surface area contributed by atoms with Crippen LogP contribution in [0.25, 0.3) is 0 Å². The van der Waals surface area contributed by atoms with Crippen molar-refractivity contribution in [1.82, 2.24) is 9.78 Å². The van der Waals surface area contributed by atoms with Crippen LogP contribution >= 0.6 is 11.3 Å². The Balaban J connectivity index is 1.74. The SMILES string of the molecule is O=S(=O)(Nc1ccn(Cc2cccc(F)c2)n1)c1cccs1. The number of nitrogens with zero attached hydrogens (tertiary/aromatic N) is 2. The number of thiophene rings is 1. The number of hydrogen-bond acceptors (Lipinski definition) is 4. The van der Waals surface area contributed by atoms with Gasteiger partial charge in [0.25, 0.3) is 10.0 Å². The lowest BCUT2D eigenvalue weighted by Crippen LogP contribution is -2.12. The van der Waals surface area contributed by atoms with Gasteiger partial charge in [-0.2, -0.15) is 5.10 Å². The van der Waals surface area contributed by atoms with E-state index < -0.39 is 10.0 Å². The number of anilines is 1. The van der Waals surface area contributed by atoms with Gasteiger partial charge in [-0.15, -0.1) is 11.3 Å². The highest BCUT2D eigenvalue weighted by Gasteiger charge is 2.16. The Hall–Kier alpha value is -2.19. The maximum Gasteiger partial charge on any atom is 0.272 e. The molecule has 0 bridgehead atoms. The van der Waals surface area contributed by atoms with E-state index in [1.807, 2.05) is 0 Å². The summed E-state index contributed by atoms with van der Waals surface area (Å²) in [5, 5.41) is 5.83. The lowest BCUT2D eigenvalue weighted by atomic mass is 10.2. The Morgan fingerprint density at radius 2 is 2.09 bits per heavy atom. The molecule has 2 heterocycles. The van der Waals surface area contributed by atoms with Gasteiger partial charge >= 0.3 is 0 Å². The van der Waals surface area contributed by atoms with Crippen molar-refractivity contribution in [3.63, 3.8) is 0 Å². The van der Waals surface area contributed by atoms with E-state index >= 15 is 0 Å². The van der Waals surface area contributed by atoms with Gasteiger partial charge in [-0.3, -0.25) is 9.40 Å². The third kappa shape index (κ3) is 3.34. The Labute approximate surface area is 131 Å². The molecule has 0 spiro atoms. The van der Waals surface area contributed by atoms with Crippen molar-refractivity contribution in [1.29, 1.82) is 0 Å². The molecule has 0 radical (unpaired) electrons. The number of halogens is 1. The van der Waals surface area contributed by atoms with Gasteiger partial charge in [0.05, 0.1) is 6.54 Å². The molecule has 22 heavy (non-hydrogen) atoms. The fourth-order valence-electron chi connectivity index (χ4n) is 1.93. The van der Waals surface area contributed by atoms with E-state index in [4.69, 9.17) is 0 Å². The van der Waals surface area contributed by atoms with Gasteiger partial charge in [0.2, 0.25) is 0 Å². The summed E-state index contributed by atoms with van der Waals surface area (Å²) in [5.41, 5.74) is 0.746. The summed E-state index contributed by atoms with van der Waals surface area (Å²) in [6, 6.07) is 10.9. The van der Waals surface area contributed by atoms with Crippen LogP contribution in [0.1, 0.15) is 5.56 Å². The Kier molecular flexibility index (Phi) is 3.95. The third-order valence-electron chi connectivity index (χ3n) is 2.87. The summed E-state index contributed by atoms with van der Waals surface area (Å²) in [5.74, 6) is -0.0897. The maximum absolute atomic E-state index is 13.1. The maximum atomic E-state index is 13.1. The zero-order valence-corrected chi connectivity index (χ0v) is 12.9. The molecular formula is C14H12FN3O2S2. The van der Waals surface area contributed by atoms with Crippen LogP contribution in [-0.4, -0.2) is 18.2 Å². The predicted octanol–water partition coefficient (Wildman–Crippen LogP) is 2.93. The highest BCUT2D eigenvalue weighted by molar-refractivity contribution is 7.94. The second-order valence-electron chi connectivity index (χ2n) is 4.57. The molecule has 0 aliphatic heterocycles. The summed E-state index contributed by atoms with van der Waals surface area (Å²) in [7, 11) is -3.60. The molecule has 2 aromatic heterocycles. The number of rotatable bonds is 5. The third-order valence-corrected chi connectivity index (χ3v) is 5.63. The summed E-state index contributed by atoms with van der Waals surface area (Å²) >= 11 is 1.13. The Bertz CT molecular complexity index is 873. The van der Waals surface area contributed by atoms with Gasteiger partial charge < -0.3 is 0 Å². The van der Waals surface area contributed by atoms with Crippen molar-refractivity contribution < 1.29 is 12.8 Å². The molecule has 1 aromatic carbocycles. The standard InChI is InChI=1S/C14H12FN3O2S2/c15-12-4-1-3-11(9-12)10-18-7-6-13(16-18)17-22(19,20)14-5-2-8-21-14/h1-9H,10H2,(H,16,17). The minimum atomic E-state index is -3.60. The van der Waals surface area contributed by atoms with Gasteiger partial charge in [0.1, 0.15) is 10.0 Å². The molecule has 0 aliphatic carbocycles. The van der Waals surface area contributed by atoms with E-state index in [0.29, 0.717) is 6.54 Å². The summed E-state index contributed by atoms with van der Waals surface area (Å²) in [6.45, 7) is 0.360. The van der Waals surface area contributed by atoms with Gasteiger partial charge in [0.15, 0.2) is 5.82 Å². The molecule has 0 saturated heterocycles. The zero-order valence-electron chi connectivity index (χ0n) is 11.3. The highest BCUT2D eigenvalue weighted by Crippen LogP contribution is 2.19. The van der Waals surface area contributed by atoms with Gasteiger partial charge in [0, 0.05) is 12.3 Å². The first-order chi connectivity index (χ1) is 10.5. The molecule has 3 aromatic rings. The van der Waals surface area contributed by atoms with Crippen LogP contribution in [-0.2, 0) is 16.6 Å². The number of hydrogen-bond donors (Lipinski definition) is 1. The van der Waals surface area contributed by atoms with E-state index in [9.17, 15) is 12.8 Å². The lowest BCUT2D eigenvalue weighted by Gasteiger charge is -2.03. The fraction of sp³-hybridized carbons (Fsp3) is 0.0714. The van der Waals surface area contributed by atoms with Gasteiger partial charge in [-0.25, -0.2) is 12.8 Å². The summed E-state index contributed by atoms with van der Waals surface area (Å²) in [6.07, 6.45) is 1.64. The van der Waals surface area contributed by atoms with E-state index in [2.05, 4.69) is 9.82 Å². The van der Waals surface area contributed by atoms with Gasteiger partial charge in [-0.05, 0) is 29.1 Å². The monoisotopic (exact) mass is 337 g/mol. The molecule has 1 N–H and O–H groups in total. The fourth-order valence-corrected chi connectivity index (χ4v) is 3.92. The van der Waals surface area contributed by atoms with Crippen molar-refractivity contribution in [2.24, 2.45) is 0 Å². The van der Waals surface area contributed by atoms with Crippen molar-refractivity contribution >= 4 is 27.2 Å². The second kappa shape index (κ2) is 5.90. The van der Waals surface area contributed by atoms with E-state index in [0.717, 1.165) is 16.9 Å². The Morgan fingerprint density at radius 1 is 1.23 bits per heavy atom. The highest BCUT2D eigenvalue weighted by atomic mass is 32.2. The van der Waals surface area contributed by atoms with E-state index in [1.54, 1.807) is 40.5 Å². The van der Waals surface area contributed by atoms with E-state index in [1.165, 1.54) is 18.2 Å². The molecule has 0 atom stereocenters. The molecule has 8 heteroatoms. The quantitative estimate of drug-likeness (QED) is 0.778. The average Bonchev–Trinajstić information content (AvgIpc) is 3.10. The lowest BCUT2D eigenvalue weighted by molar-refractivity contribution is 0.602. The first-order valence-electron chi connectivity index (χ1n) is 6.37. The minimum Gasteiger partial charge on any atom is -0.266 e. The van der Waals surface area contributed by atoms with Crippen LogP contribution in [0.2, 0.25) is 0 Å². The second-order valence-corrected chi connectivity index (χ2v) is 7.42. The normalized spacial score (nSPS) is 11.5. The van der Waals surface area contributed by atoms with Crippen LogP contribution in [0.15, 0.2) is 58.3 Å². The number of nitrogens with one attached hydrogen (secondary N) is 1. The summed E-state index contributed by atoms with van der Waals surface area (Å²) in [4.78, 5) is 0. The Morgan fingerprint density at radius 3 is 2.82 bits per heavy atom. The van der Waals surface area contributed by atoms with E-state index in [-0.39, 0.29) is 15.8 Å². The molecule has 0 aliphatic rings.